The highest BCUT2D eigenvalue weighted by Gasteiger charge is 2.23. The van der Waals surface area contributed by atoms with Gasteiger partial charge in [-0.3, -0.25) is 0 Å². The Morgan fingerprint density at radius 2 is 1.04 bits per heavy atom. The summed E-state index contributed by atoms with van der Waals surface area (Å²) in [6.07, 6.45) is 2.24. The molecule has 148 valence electrons. The molecule has 0 unspecified atom stereocenters. The van der Waals surface area contributed by atoms with Gasteiger partial charge in [0.05, 0.1) is 0 Å². The maximum atomic E-state index is 2.31. The number of rotatable bonds is 2. The normalized spacial score (nSPS) is 13.4. The SMILES string of the molecule is C/C=C(C)\C(=C(\C)C(C)(C)C)c1c(C)c(C)c(C)c(C)c1C.CC(C)C. The first kappa shape index (κ1) is 24.7. The molecule has 0 aliphatic carbocycles. The van der Waals surface area contributed by atoms with Crippen molar-refractivity contribution in [1.82, 2.24) is 0 Å². The van der Waals surface area contributed by atoms with Crippen LogP contribution >= 0.6 is 0 Å². The standard InChI is InChI=1S/C22H34.C4H10/c1-12-13(2)20(19(8)22(9,10)11)21-17(6)15(4)14(3)16(5)18(21)7;1-4(2)3/h12H,1-11H3;4H,1-3H3/b13-12-,20-19+;. The van der Waals surface area contributed by atoms with Crippen LogP contribution in [-0.2, 0) is 0 Å². The second-order valence-electron chi connectivity index (χ2n) is 9.45. The predicted molar refractivity (Wildman–Crippen MR) is 122 cm³/mol. The number of benzene rings is 1. The van der Waals surface area contributed by atoms with Crippen LogP contribution in [0.4, 0.5) is 0 Å². The van der Waals surface area contributed by atoms with E-state index in [1.54, 1.807) is 0 Å². The van der Waals surface area contributed by atoms with Crippen molar-refractivity contribution in [2.45, 2.75) is 96.9 Å². The van der Waals surface area contributed by atoms with Gasteiger partial charge in [0.25, 0.3) is 0 Å². The Kier molecular flexibility index (Phi) is 9.10. The molecule has 0 radical (unpaired) electrons. The maximum absolute atomic E-state index is 2.31. The van der Waals surface area contributed by atoms with E-state index in [2.05, 4.69) is 103 Å². The molecule has 0 heterocycles. The number of hydrogen-bond donors (Lipinski definition) is 0. The number of hydrogen-bond acceptors (Lipinski definition) is 0. The van der Waals surface area contributed by atoms with E-state index in [0.29, 0.717) is 0 Å². The molecule has 26 heavy (non-hydrogen) atoms. The minimum absolute atomic E-state index is 0.172. The van der Waals surface area contributed by atoms with Gasteiger partial charge in [0, 0.05) is 0 Å². The van der Waals surface area contributed by atoms with Crippen LogP contribution in [0.5, 0.6) is 0 Å². The molecule has 0 fully saturated rings. The summed E-state index contributed by atoms with van der Waals surface area (Å²) in [5.74, 6) is 0.833. The zero-order valence-electron chi connectivity index (χ0n) is 20.2. The Hall–Kier alpha value is -1.30. The molecule has 1 rings (SSSR count). The van der Waals surface area contributed by atoms with Crippen LogP contribution in [0.2, 0.25) is 0 Å². The van der Waals surface area contributed by atoms with Crippen molar-refractivity contribution in [3.05, 3.63) is 50.6 Å². The van der Waals surface area contributed by atoms with Crippen LogP contribution < -0.4 is 0 Å². The minimum Gasteiger partial charge on any atom is -0.0841 e. The molecule has 0 N–H and O–H groups in total. The van der Waals surface area contributed by atoms with Gasteiger partial charge < -0.3 is 0 Å². The summed E-state index contributed by atoms with van der Waals surface area (Å²) in [7, 11) is 0. The molecule has 1 aromatic rings. The van der Waals surface area contributed by atoms with Crippen molar-refractivity contribution in [3.63, 3.8) is 0 Å². The lowest BCUT2D eigenvalue weighted by atomic mass is 9.76. The van der Waals surface area contributed by atoms with Gasteiger partial charge in [0.2, 0.25) is 0 Å². The van der Waals surface area contributed by atoms with Gasteiger partial charge >= 0.3 is 0 Å². The summed E-state index contributed by atoms with van der Waals surface area (Å²) >= 11 is 0. The van der Waals surface area contributed by atoms with E-state index in [1.807, 2.05) is 0 Å². The fourth-order valence-corrected chi connectivity index (χ4v) is 3.07. The zero-order chi connectivity index (χ0) is 21.0. The summed E-state index contributed by atoms with van der Waals surface area (Å²) in [6, 6.07) is 0. The summed E-state index contributed by atoms with van der Waals surface area (Å²) in [6.45, 7) is 31.4. The van der Waals surface area contributed by atoms with Gasteiger partial charge in [-0.25, -0.2) is 0 Å². The van der Waals surface area contributed by atoms with Gasteiger partial charge in [-0.05, 0) is 111 Å². The molecule has 0 aliphatic rings. The average Bonchev–Trinajstić information content (AvgIpc) is 2.52. The molecular weight excluding hydrogens is 312 g/mol. The van der Waals surface area contributed by atoms with Gasteiger partial charge in [0.15, 0.2) is 0 Å². The van der Waals surface area contributed by atoms with Gasteiger partial charge in [-0.15, -0.1) is 0 Å². The second kappa shape index (κ2) is 9.58. The molecule has 0 spiro atoms. The largest absolute Gasteiger partial charge is 0.0841 e. The van der Waals surface area contributed by atoms with Crippen molar-refractivity contribution >= 4 is 5.57 Å². The van der Waals surface area contributed by atoms with Crippen LogP contribution in [0.15, 0.2) is 17.2 Å². The molecule has 0 heteroatoms. The van der Waals surface area contributed by atoms with Crippen molar-refractivity contribution in [2.75, 3.05) is 0 Å². The van der Waals surface area contributed by atoms with Crippen LogP contribution in [0, 0.1) is 46.0 Å². The highest BCUT2D eigenvalue weighted by molar-refractivity contribution is 5.85. The van der Waals surface area contributed by atoms with E-state index < -0.39 is 0 Å². The molecule has 0 bridgehead atoms. The van der Waals surface area contributed by atoms with E-state index in [1.165, 1.54) is 50.1 Å². The molecule has 0 aliphatic heterocycles. The lowest BCUT2D eigenvalue weighted by Crippen LogP contribution is -2.12. The Balaban J connectivity index is 0.00000141. The van der Waals surface area contributed by atoms with E-state index in [0.717, 1.165) is 5.92 Å². The quantitative estimate of drug-likeness (QED) is 0.465. The third-order valence-electron chi connectivity index (χ3n) is 5.58. The van der Waals surface area contributed by atoms with Crippen molar-refractivity contribution < 1.29 is 0 Å². The molecule has 0 saturated heterocycles. The topological polar surface area (TPSA) is 0 Å². The van der Waals surface area contributed by atoms with Crippen LogP contribution in [0.25, 0.3) is 5.57 Å². The van der Waals surface area contributed by atoms with E-state index in [-0.39, 0.29) is 5.41 Å². The van der Waals surface area contributed by atoms with Gasteiger partial charge in [-0.2, -0.15) is 0 Å². The fourth-order valence-electron chi connectivity index (χ4n) is 3.07. The van der Waals surface area contributed by atoms with Crippen molar-refractivity contribution in [3.8, 4) is 0 Å². The Labute approximate surface area is 164 Å². The maximum Gasteiger partial charge on any atom is -0.0118 e. The predicted octanol–water partition coefficient (Wildman–Crippen LogP) is 8.68. The third kappa shape index (κ3) is 5.86. The second-order valence-corrected chi connectivity index (χ2v) is 9.45. The Morgan fingerprint density at radius 3 is 1.31 bits per heavy atom. The monoisotopic (exact) mass is 356 g/mol. The molecule has 0 nitrogen and oxygen atoms in total. The third-order valence-corrected chi connectivity index (χ3v) is 5.58. The lowest BCUT2D eigenvalue weighted by Gasteiger charge is -2.28. The van der Waals surface area contributed by atoms with Crippen molar-refractivity contribution in [2.24, 2.45) is 11.3 Å². The van der Waals surface area contributed by atoms with E-state index in [4.69, 9.17) is 0 Å². The average molecular weight is 357 g/mol. The van der Waals surface area contributed by atoms with Crippen LogP contribution in [0.1, 0.15) is 95.7 Å². The molecule has 0 saturated carbocycles. The molecule has 1 aromatic carbocycles. The highest BCUT2D eigenvalue weighted by atomic mass is 14.3. The summed E-state index contributed by atoms with van der Waals surface area (Å²) in [5, 5.41) is 0. The lowest BCUT2D eigenvalue weighted by molar-refractivity contribution is 0.506. The van der Waals surface area contributed by atoms with Gasteiger partial charge in [0.1, 0.15) is 0 Å². The highest BCUT2D eigenvalue weighted by Crippen LogP contribution is 2.40. The summed E-state index contributed by atoms with van der Waals surface area (Å²) < 4.78 is 0. The molecule has 0 aromatic heterocycles. The Morgan fingerprint density at radius 1 is 0.731 bits per heavy atom. The summed E-state index contributed by atoms with van der Waals surface area (Å²) in [4.78, 5) is 0. The first-order valence-corrected chi connectivity index (χ1v) is 10.1. The van der Waals surface area contributed by atoms with E-state index >= 15 is 0 Å². The molecular formula is C26H44. The molecule has 0 atom stereocenters. The molecule has 0 amide bonds. The smallest absolute Gasteiger partial charge is 0.0118 e. The zero-order valence-corrected chi connectivity index (χ0v) is 20.2. The minimum atomic E-state index is 0.172. The van der Waals surface area contributed by atoms with Crippen molar-refractivity contribution in [1.29, 1.82) is 0 Å². The van der Waals surface area contributed by atoms with E-state index in [9.17, 15) is 0 Å². The van der Waals surface area contributed by atoms with Crippen LogP contribution in [-0.4, -0.2) is 0 Å². The number of allylic oxidation sites excluding steroid dienone is 4. The summed E-state index contributed by atoms with van der Waals surface area (Å²) in [5.41, 5.74) is 13.1. The van der Waals surface area contributed by atoms with Crippen LogP contribution in [0.3, 0.4) is 0 Å². The fraction of sp³-hybridized carbons (Fsp3) is 0.615. The van der Waals surface area contributed by atoms with Gasteiger partial charge in [-0.1, -0.05) is 53.2 Å². The Bertz CT molecular complexity index is 654. The first-order chi connectivity index (χ1) is 11.7. The first-order valence-electron chi connectivity index (χ1n) is 10.1.